The summed E-state index contributed by atoms with van der Waals surface area (Å²) in [5.74, 6) is 0.152. The van der Waals surface area contributed by atoms with Crippen LogP contribution >= 0.6 is 0 Å². The van der Waals surface area contributed by atoms with Crippen molar-refractivity contribution in [3.8, 4) is 0 Å². The summed E-state index contributed by atoms with van der Waals surface area (Å²) in [6, 6.07) is 2.05. The minimum atomic E-state index is -0.229. The second-order valence-corrected chi connectivity index (χ2v) is 5.22. The van der Waals surface area contributed by atoms with Gasteiger partial charge in [-0.15, -0.1) is 0 Å². The molecule has 0 radical (unpaired) electrons. The number of carbonyl (C=O) groups is 1. The molecule has 1 heterocycles. The van der Waals surface area contributed by atoms with Gasteiger partial charge in [0.1, 0.15) is 5.69 Å². The van der Waals surface area contributed by atoms with Gasteiger partial charge in [0.25, 0.3) is 5.91 Å². The van der Waals surface area contributed by atoms with E-state index in [-0.39, 0.29) is 11.9 Å². The molecule has 0 fully saturated rings. The maximum Gasteiger partial charge on any atom is 0.293 e. The van der Waals surface area contributed by atoms with Gasteiger partial charge in [-0.05, 0) is 31.7 Å². The molecule has 0 aromatic carbocycles. The fraction of sp³-hybridized carbons (Fsp3) is 0.714. The lowest BCUT2D eigenvalue weighted by Gasteiger charge is -2.16. The van der Waals surface area contributed by atoms with Crippen molar-refractivity contribution in [2.45, 2.75) is 53.5 Å². The molecule has 0 aliphatic carbocycles. The Morgan fingerprint density at radius 2 is 2.05 bits per heavy atom. The molecule has 5 heteroatoms. The van der Waals surface area contributed by atoms with E-state index in [0.29, 0.717) is 18.2 Å². The Balaban J connectivity index is 2.78. The van der Waals surface area contributed by atoms with Crippen molar-refractivity contribution in [3.05, 3.63) is 17.5 Å². The standard InChI is InChI=1S/C14H25N3O2/c1-6-12(7-2)17-13(8-11(5)15-17)14(18)16-19-9-10(3)4/h8,10,12H,6-7,9H2,1-5H3,(H,16,18). The SMILES string of the molecule is CCC(CC)n1nc(C)cc1C(=O)NOCC(C)C. The maximum atomic E-state index is 12.1. The van der Waals surface area contributed by atoms with E-state index in [1.807, 2.05) is 25.5 Å². The van der Waals surface area contributed by atoms with Gasteiger partial charge in [0, 0.05) is 0 Å². The van der Waals surface area contributed by atoms with Crippen LogP contribution in [0.1, 0.15) is 62.8 Å². The molecule has 108 valence electrons. The third kappa shape index (κ3) is 4.35. The molecule has 0 saturated carbocycles. The van der Waals surface area contributed by atoms with Crippen molar-refractivity contribution < 1.29 is 9.63 Å². The van der Waals surface area contributed by atoms with E-state index in [4.69, 9.17) is 4.84 Å². The molecular formula is C14H25N3O2. The first-order valence-corrected chi connectivity index (χ1v) is 6.97. The molecule has 0 atom stereocenters. The van der Waals surface area contributed by atoms with Crippen LogP contribution in [0, 0.1) is 12.8 Å². The number of nitrogens with zero attached hydrogens (tertiary/aromatic N) is 2. The van der Waals surface area contributed by atoms with Crippen molar-refractivity contribution in [3.63, 3.8) is 0 Å². The Morgan fingerprint density at radius 3 is 2.58 bits per heavy atom. The minimum absolute atomic E-state index is 0.229. The van der Waals surface area contributed by atoms with Crippen LogP contribution in [-0.2, 0) is 4.84 Å². The van der Waals surface area contributed by atoms with Gasteiger partial charge in [0.05, 0.1) is 18.3 Å². The Morgan fingerprint density at radius 1 is 1.42 bits per heavy atom. The largest absolute Gasteiger partial charge is 0.293 e. The molecule has 1 aromatic heterocycles. The first-order valence-electron chi connectivity index (χ1n) is 6.97. The Bertz CT molecular complexity index is 409. The van der Waals surface area contributed by atoms with Gasteiger partial charge < -0.3 is 0 Å². The van der Waals surface area contributed by atoms with Crippen molar-refractivity contribution in [1.82, 2.24) is 15.3 Å². The molecule has 1 aromatic rings. The van der Waals surface area contributed by atoms with Crippen LogP contribution in [0.2, 0.25) is 0 Å². The summed E-state index contributed by atoms with van der Waals surface area (Å²) in [7, 11) is 0. The summed E-state index contributed by atoms with van der Waals surface area (Å²) in [6.45, 7) is 10.7. The first kappa shape index (κ1) is 15.7. The molecule has 1 N–H and O–H groups in total. The summed E-state index contributed by atoms with van der Waals surface area (Å²) in [4.78, 5) is 17.3. The second-order valence-electron chi connectivity index (χ2n) is 5.22. The number of hydrogen-bond acceptors (Lipinski definition) is 3. The number of aromatic nitrogens is 2. The number of aryl methyl sites for hydroxylation is 1. The average Bonchev–Trinajstić information content (AvgIpc) is 2.72. The summed E-state index contributed by atoms with van der Waals surface area (Å²) in [6.07, 6.45) is 1.90. The van der Waals surface area contributed by atoms with Crippen molar-refractivity contribution in [1.29, 1.82) is 0 Å². The van der Waals surface area contributed by atoms with E-state index in [9.17, 15) is 4.79 Å². The zero-order chi connectivity index (χ0) is 14.4. The smallest absolute Gasteiger partial charge is 0.273 e. The van der Waals surface area contributed by atoms with E-state index in [0.717, 1.165) is 18.5 Å². The van der Waals surface area contributed by atoms with Crippen LogP contribution in [0.3, 0.4) is 0 Å². The lowest BCUT2D eigenvalue weighted by Crippen LogP contribution is -2.29. The minimum Gasteiger partial charge on any atom is -0.273 e. The lowest BCUT2D eigenvalue weighted by molar-refractivity contribution is 0.0199. The van der Waals surface area contributed by atoms with Gasteiger partial charge in [-0.25, -0.2) is 5.48 Å². The predicted molar refractivity (Wildman–Crippen MR) is 74.8 cm³/mol. The molecule has 5 nitrogen and oxygen atoms in total. The molecule has 19 heavy (non-hydrogen) atoms. The molecule has 1 amide bonds. The number of hydroxylamine groups is 1. The van der Waals surface area contributed by atoms with Crippen molar-refractivity contribution in [2.75, 3.05) is 6.61 Å². The zero-order valence-electron chi connectivity index (χ0n) is 12.6. The quantitative estimate of drug-likeness (QED) is 0.773. The molecule has 0 saturated heterocycles. The first-order chi connectivity index (χ1) is 8.99. The van der Waals surface area contributed by atoms with Crippen LogP contribution in [0.5, 0.6) is 0 Å². The highest BCUT2D eigenvalue weighted by atomic mass is 16.6. The highest BCUT2D eigenvalue weighted by Crippen LogP contribution is 2.18. The summed E-state index contributed by atoms with van der Waals surface area (Å²) >= 11 is 0. The maximum absolute atomic E-state index is 12.1. The summed E-state index contributed by atoms with van der Waals surface area (Å²) in [5, 5.41) is 4.42. The number of carbonyl (C=O) groups excluding carboxylic acids is 1. The van der Waals surface area contributed by atoms with Gasteiger partial charge >= 0.3 is 0 Å². The Labute approximate surface area is 115 Å². The van der Waals surface area contributed by atoms with E-state index < -0.39 is 0 Å². The molecule has 0 bridgehead atoms. The van der Waals surface area contributed by atoms with Crippen LogP contribution < -0.4 is 5.48 Å². The van der Waals surface area contributed by atoms with Crippen molar-refractivity contribution in [2.24, 2.45) is 5.92 Å². The van der Waals surface area contributed by atoms with Crippen molar-refractivity contribution >= 4 is 5.91 Å². The molecule has 1 rings (SSSR count). The number of amides is 1. The number of rotatable bonds is 7. The van der Waals surface area contributed by atoms with Crippen LogP contribution in [0.4, 0.5) is 0 Å². The molecule has 0 aliphatic heterocycles. The van der Waals surface area contributed by atoms with Crippen LogP contribution in [-0.4, -0.2) is 22.3 Å². The Hall–Kier alpha value is -1.36. The van der Waals surface area contributed by atoms with E-state index in [1.165, 1.54) is 0 Å². The van der Waals surface area contributed by atoms with Crippen LogP contribution in [0.15, 0.2) is 6.07 Å². The monoisotopic (exact) mass is 267 g/mol. The average molecular weight is 267 g/mol. The van der Waals surface area contributed by atoms with E-state index in [2.05, 4.69) is 24.4 Å². The second kappa shape index (κ2) is 7.28. The highest BCUT2D eigenvalue weighted by Gasteiger charge is 2.18. The predicted octanol–water partition coefficient (Wildman–Crippen LogP) is 2.87. The van der Waals surface area contributed by atoms with E-state index in [1.54, 1.807) is 6.07 Å². The third-order valence-electron chi connectivity index (χ3n) is 2.96. The number of nitrogens with one attached hydrogen (secondary N) is 1. The van der Waals surface area contributed by atoms with Gasteiger partial charge in [0.15, 0.2) is 0 Å². The molecular weight excluding hydrogens is 242 g/mol. The van der Waals surface area contributed by atoms with Gasteiger partial charge in [-0.1, -0.05) is 27.7 Å². The fourth-order valence-electron chi connectivity index (χ4n) is 1.93. The topological polar surface area (TPSA) is 56.2 Å². The third-order valence-corrected chi connectivity index (χ3v) is 2.96. The summed E-state index contributed by atoms with van der Waals surface area (Å²) in [5.41, 5.74) is 3.90. The van der Waals surface area contributed by atoms with E-state index >= 15 is 0 Å². The highest BCUT2D eigenvalue weighted by molar-refractivity contribution is 5.91. The number of hydrogen-bond donors (Lipinski definition) is 1. The fourth-order valence-corrected chi connectivity index (χ4v) is 1.93. The molecule has 0 unspecified atom stereocenters. The van der Waals surface area contributed by atoms with Gasteiger partial charge in [0.2, 0.25) is 0 Å². The Kier molecular flexibility index (Phi) is 6.02. The zero-order valence-corrected chi connectivity index (χ0v) is 12.6. The van der Waals surface area contributed by atoms with Gasteiger partial charge in [-0.2, -0.15) is 5.10 Å². The van der Waals surface area contributed by atoms with Crippen LogP contribution in [0.25, 0.3) is 0 Å². The van der Waals surface area contributed by atoms with Gasteiger partial charge in [-0.3, -0.25) is 14.3 Å². The summed E-state index contributed by atoms with van der Waals surface area (Å²) < 4.78 is 1.81. The lowest BCUT2D eigenvalue weighted by atomic mass is 10.2. The molecule has 0 spiro atoms. The normalized spacial score (nSPS) is 11.3. The molecule has 0 aliphatic rings.